The van der Waals surface area contributed by atoms with Gasteiger partial charge in [-0.3, -0.25) is 0 Å². The van der Waals surface area contributed by atoms with Crippen LogP contribution in [-0.4, -0.2) is 37.2 Å². The third-order valence-electron chi connectivity index (χ3n) is 8.32. The van der Waals surface area contributed by atoms with Crippen LogP contribution in [0.25, 0.3) is 5.65 Å². The molecule has 3 aromatic rings. The number of hydrogen-bond donors (Lipinski definition) is 1. The summed E-state index contributed by atoms with van der Waals surface area (Å²) in [7, 11) is 2.01. The summed E-state index contributed by atoms with van der Waals surface area (Å²) < 4.78 is 1.65. The van der Waals surface area contributed by atoms with E-state index < -0.39 is 0 Å². The highest BCUT2D eigenvalue weighted by Gasteiger charge is 2.62. The Kier molecular flexibility index (Phi) is 3.89. The van der Waals surface area contributed by atoms with Crippen molar-refractivity contribution in [3.05, 3.63) is 42.2 Å². The van der Waals surface area contributed by atoms with Gasteiger partial charge in [0.25, 0.3) is 0 Å². The molecule has 4 saturated carbocycles. The number of nitriles is 1. The normalized spacial score (nSPS) is 31.3. The summed E-state index contributed by atoms with van der Waals surface area (Å²) in [5.74, 6) is 3.39. The molecule has 0 saturated heterocycles. The molecular formula is C24H24ClN9. The van der Waals surface area contributed by atoms with E-state index >= 15 is 0 Å². The van der Waals surface area contributed by atoms with Gasteiger partial charge in [-0.25, -0.2) is 14.5 Å². The smallest absolute Gasteiger partial charge is 0.229 e. The number of fused-ring (bicyclic) bond motifs is 2. The van der Waals surface area contributed by atoms with Gasteiger partial charge in [0.15, 0.2) is 11.5 Å². The van der Waals surface area contributed by atoms with Crippen LogP contribution in [0.5, 0.6) is 0 Å². The Morgan fingerprint density at radius 2 is 2.03 bits per heavy atom. The number of hydrogen-bond acceptors (Lipinski definition) is 8. The van der Waals surface area contributed by atoms with Gasteiger partial charge < -0.3 is 15.1 Å². The highest BCUT2D eigenvalue weighted by Crippen LogP contribution is 2.65. The second kappa shape index (κ2) is 6.60. The lowest BCUT2D eigenvalue weighted by atomic mass is 9.47. The zero-order valence-electron chi connectivity index (χ0n) is 18.9. The maximum Gasteiger partial charge on any atom is 0.229 e. The summed E-state index contributed by atoms with van der Waals surface area (Å²) in [5, 5.41) is 18.1. The number of pyridine rings is 1. The predicted molar refractivity (Wildman–Crippen MR) is 129 cm³/mol. The van der Waals surface area contributed by atoms with Crippen molar-refractivity contribution in [3.8, 4) is 6.07 Å². The van der Waals surface area contributed by atoms with E-state index in [0.29, 0.717) is 34.1 Å². The first-order chi connectivity index (χ1) is 16.4. The van der Waals surface area contributed by atoms with Crippen LogP contribution in [0.3, 0.4) is 0 Å². The third kappa shape index (κ3) is 2.66. The highest BCUT2D eigenvalue weighted by atomic mass is 35.5. The Bertz CT molecular complexity index is 1390. The third-order valence-corrected chi connectivity index (χ3v) is 8.63. The minimum Gasteiger partial charge on any atom is -0.327 e. The fourth-order valence-electron chi connectivity index (χ4n) is 7.39. The van der Waals surface area contributed by atoms with E-state index in [1.807, 2.05) is 13.2 Å². The number of anilines is 4. The SMILES string of the molecule is C=C1N(C)c2cnc(Nc3cn4ncnc4cc3Cl)nc2N1C12CC3CC(CC(C#N)(C3)C1)C2. The number of halogens is 1. The van der Waals surface area contributed by atoms with Gasteiger partial charge in [0.05, 0.1) is 40.1 Å². The molecule has 0 radical (unpaired) electrons. The zero-order valence-corrected chi connectivity index (χ0v) is 19.6. The molecule has 4 aliphatic carbocycles. The van der Waals surface area contributed by atoms with Crippen LogP contribution in [0.2, 0.25) is 5.02 Å². The fraction of sp³-hybridized carbons (Fsp3) is 0.458. The van der Waals surface area contributed by atoms with Gasteiger partial charge in [-0.2, -0.15) is 15.3 Å². The number of nitrogens with zero attached hydrogens (tertiary/aromatic N) is 8. The van der Waals surface area contributed by atoms with Crippen LogP contribution >= 0.6 is 11.6 Å². The summed E-state index contributed by atoms with van der Waals surface area (Å²) in [6.45, 7) is 4.43. The Morgan fingerprint density at radius 1 is 1.24 bits per heavy atom. The average molecular weight is 474 g/mol. The van der Waals surface area contributed by atoms with Crippen molar-refractivity contribution in [2.24, 2.45) is 17.3 Å². The van der Waals surface area contributed by atoms with Crippen molar-refractivity contribution in [2.75, 3.05) is 22.2 Å². The van der Waals surface area contributed by atoms with Gasteiger partial charge in [0.2, 0.25) is 5.95 Å². The first kappa shape index (κ1) is 20.0. The van der Waals surface area contributed by atoms with Gasteiger partial charge in [0, 0.05) is 13.1 Å². The molecule has 3 aromatic heterocycles. The number of nitrogens with one attached hydrogen (secondary N) is 1. The molecule has 2 unspecified atom stereocenters. The standard InChI is InChI=1S/C24H24ClN9/c1-14-32(2)19-9-27-22(30-18-10-33-20(4-17(18)25)28-13-29-33)31-21(19)34(14)24-7-15-3-16(8-24)6-23(5-15,11-24)12-26/h4,9-10,13,15-16H,1,3,5-8,11H2,2H3,(H,27,30,31). The lowest BCUT2D eigenvalue weighted by Gasteiger charge is -2.62. The zero-order chi connectivity index (χ0) is 23.2. The van der Waals surface area contributed by atoms with Crippen LogP contribution in [0.1, 0.15) is 38.5 Å². The molecule has 2 atom stereocenters. The second-order valence-corrected chi connectivity index (χ2v) is 10.9. The molecule has 34 heavy (non-hydrogen) atoms. The van der Waals surface area contributed by atoms with Crippen molar-refractivity contribution in [1.82, 2.24) is 24.6 Å². The van der Waals surface area contributed by atoms with E-state index in [-0.39, 0.29) is 11.0 Å². The fourth-order valence-corrected chi connectivity index (χ4v) is 7.59. The van der Waals surface area contributed by atoms with Gasteiger partial charge in [-0.05, 0) is 50.4 Å². The van der Waals surface area contributed by atoms with Crippen LogP contribution in [-0.2, 0) is 0 Å². The molecular weight excluding hydrogens is 450 g/mol. The summed E-state index contributed by atoms with van der Waals surface area (Å²) >= 11 is 6.48. The minimum atomic E-state index is -0.222. The lowest BCUT2D eigenvalue weighted by molar-refractivity contribution is -0.0370. The molecule has 9 nitrogen and oxygen atoms in total. The van der Waals surface area contributed by atoms with E-state index in [4.69, 9.17) is 16.6 Å². The Labute approximate surface area is 202 Å². The first-order valence-corrected chi connectivity index (χ1v) is 12.0. The molecule has 5 aliphatic rings. The first-order valence-electron chi connectivity index (χ1n) is 11.7. The van der Waals surface area contributed by atoms with Gasteiger partial charge in [-0.15, -0.1) is 0 Å². The number of aromatic nitrogens is 5. The molecule has 0 aromatic carbocycles. The summed E-state index contributed by atoms with van der Waals surface area (Å²) in [6.07, 6.45) is 11.4. The Hall–Kier alpha value is -3.38. The van der Waals surface area contributed by atoms with E-state index in [1.54, 1.807) is 16.8 Å². The van der Waals surface area contributed by atoms with Crippen molar-refractivity contribution in [1.29, 1.82) is 5.26 Å². The average Bonchev–Trinajstić information content (AvgIpc) is 3.35. The molecule has 4 bridgehead atoms. The molecule has 172 valence electrons. The van der Waals surface area contributed by atoms with E-state index in [1.165, 1.54) is 12.7 Å². The molecule has 10 heteroatoms. The van der Waals surface area contributed by atoms with E-state index in [9.17, 15) is 5.26 Å². The molecule has 4 heterocycles. The van der Waals surface area contributed by atoms with Crippen LogP contribution in [0, 0.1) is 28.6 Å². The maximum atomic E-state index is 10.1. The maximum absolute atomic E-state index is 10.1. The lowest BCUT2D eigenvalue weighted by Crippen LogP contribution is -2.63. The van der Waals surface area contributed by atoms with Crippen LogP contribution in [0.15, 0.2) is 37.2 Å². The molecule has 8 rings (SSSR count). The quantitative estimate of drug-likeness (QED) is 0.593. The van der Waals surface area contributed by atoms with Crippen LogP contribution < -0.4 is 15.1 Å². The molecule has 1 aliphatic heterocycles. The van der Waals surface area contributed by atoms with Crippen molar-refractivity contribution < 1.29 is 0 Å². The second-order valence-electron chi connectivity index (χ2n) is 10.5. The molecule has 0 amide bonds. The van der Waals surface area contributed by atoms with Gasteiger partial charge >= 0.3 is 0 Å². The van der Waals surface area contributed by atoms with Crippen molar-refractivity contribution >= 4 is 40.4 Å². The van der Waals surface area contributed by atoms with Crippen molar-refractivity contribution in [3.63, 3.8) is 0 Å². The Balaban J connectivity index is 1.29. The minimum absolute atomic E-state index is 0.126. The topological polar surface area (TPSA) is 98.3 Å². The van der Waals surface area contributed by atoms with Crippen LogP contribution in [0.4, 0.5) is 23.1 Å². The Morgan fingerprint density at radius 3 is 2.79 bits per heavy atom. The van der Waals surface area contributed by atoms with E-state index in [2.05, 4.69) is 42.8 Å². The molecule has 0 spiro atoms. The summed E-state index contributed by atoms with van der Waals surface area (Å²) in [6, 6.07) is 4.48. The molecule has 4 fully saturated rings. The highest BCUT2D eigenvalue weighted by molar-refractivity contribution is 6.33. The van der Waals surface area contributed by atoms with Crippen molar-refractivity contribution in [2.45, 2.75) is 44.1 Å². The summed E-state index contributed by atoms with van der Waals surface area (Å²) in [5.41, 5.74) is 1.90. The van der Waals surface area contributed by atoms with Gasteiger partial charge in [0.1, 0.15) is 17.8 Å². The number of rotatable bonds is 3. The summed E-state index contributed by atoms with van der Waals surface area (Å²) in [4.78, 5) is 18.1. The predicted octanol–water partition coefficient (Wildman–Crippen LogP) is 4.51. The largest absolute Gasteiger partial charge is 0.327 e. The van der Waals surface area contributed by atoms with Gasteiger partial charge in [-0.1, -0.05) is 18.2 Å². The monoisotopic (exact) mass is 473 g/mol. The molecule has 1 N–H and O–H groups in total. The van der Waals surface area contributed by atoms with E-state index in [0.717, 1.165) is 49.4 Å².